The van der Waals surface area contributed by atoms with Gasteiger partial charge in [0.2, 0.25) is 11.8 Å². The molecule has 1 aromatic heterocycles. The van der Waals surface area contributed by atoms with Crippen molar-refractivity contribution in [3.8, 4) is 0 Å². The van der Waals surface area contributed by atoms with Crippen molar-refractivity contribution in [3.05, 3.63) is 47.5 Å². The van der Waals surface area contributed by atoms with Gasteiger partial charge in [-0.25, -0.2) is 4.39 Å². The van der Waals surface area contributed by atoms with Gasteiger partial charge in [-0.2, -0.15) is 5.10 Å². The number of amides is 3. The molecule has 10 heteroatoms. The molecule has 9 nitrogen and oxygen atoms in total. The molecule has 2 aliphatic carbocycles. The summed E-state index contributed by atoms with van der Waals surface area (Å²) in [6, 6.07) is 5.27. The van der Waals surface area contributed by atoms with Gasteiger partial charge >= 0.3 is 0 Å². The molecule has 38 heavy (non-hydrogen) atoms. The van der Waals surface area contributed by atoms with Gasteiger partial charge in [0.05, 0.1) is 12.1 Å². The van der Waals surface area contributed by atoms with Crippen LogP contribution >= 0.6 is 0 Å². The molecule has 3 fully saturated rings. The highest BCUT2D eigenvalue weighted by Gasteiger charge is 2.48. The third-order valence-corrected chi connectivity index (χ3v) is 7.90. The number of hydrogen-bond acceptors (Lipinski definition) is 5. The summed E-state index contributed by atoms with van der Waals surface area (Å²) in [5, 5.41) is 9.94. The van der Waals surface area contributed by atoms with E-state index in [1.165, 1.54) is 12.1 Å². The summed E-state index contributed by atoms with van der Waals surface area (Å²) in [4.78, 5) is 41.1. The maximum atomic E-state index is 15.1. The van der Waals surface area contributed by atoms with Crippen molar-refractivity contribution in [2.24, 2.45) is 23.5 Å². The molecule has 204 valence electrons. The minimum absolute atomic E-state index is 0.0113. The Labute approximate surface area is 222 Å². The monoisotopic (exact) mass is 524 g/mol. The number of rotatable bonds is 10. The number of nitrogens with two attached hydrogens (primary N) is 1. The van der Waals surface area contributed by atoms with E-state index in [9.17, 15) is 14.4 Å². The van der Waals surface area contributed by atoms with E-state index in [0.717, 1.165) is 32.1 Å². The number of aromatic nitrogens is 2. The second-order valence-corrected chi connectivity index (χ2v) is 11.3. The first-order valence-electron chi connectivity index (χ1n) is 13.7. The van der Waals surface area contributed by atoms with E-state index in [-0.39, 0.29) is 41.9 Å². The number of anilines is 1. The molecule has 0 radical (unpaired) electrons. The molecular weight excluding hydrogens is 487 g/mol. The molecule has 2 saturated carbocycles. The summed E-state index contributed by atoms with van der Waals surface area (Å²) < 4.78 is 16.7. The summed E-state index contributed by atoms with van der Waals surface area (Å²) >= 11 is 0. The summed E-state index contributed by atoms with van der Waals surface area (Å²) in [7, 11) is 0. The fourth-order valence-electron chi connectivity index (χ4n) is 5.63. The van der Waals surface area contributed by atoms with Gasteiger partial charge in [-0.1, -0.05) is 6.07 Å². The van der Waals surface area contributed by atoms with Crippen molar-refractivity contribution in [1.29, 1.82) is 0 Å². The maximum Gasteiger partial charge on any atom is 0.270 e. The Morgan fingerprint density at radius 2 is 1.82 bits per heavy atom. The van der Waals surface area contributed by atoms with Crippen LogP contribution in [0.2, 0.25) is 0 Å². The molecule has 2 unspecified atom stereocenters. The number of carbonyl (C=O) groups is 3. The molecule has 2 atom stereocenters. The molecule has 4 N–H and O–H groups in total. The quantitative estimate of drug-likeness (QED) is 0.441. The number of carbonyl (C=O) groups excluding carboxylic acids is 3. The van der Waals surface area contributed by atoms with E-state index in [1.54, 1.807) is 27.9 Å². The van der Waals surface area contributed by atoms with E-state index in [1.807, 2.05) is 13.8 Å². The number of likely N-dealkylation sites (tertiary alicyclic amines) is 1. The highest BCUT2D eigenvalue weighted by atomic mass is 19.1. The van der Waals surface area contributed by atoms with Crippen LogP contribution in [0.25, 0.3) is 0 Å². The van der Waals surface area contributed by atoms with Crippen LogP contribution in [0, 0.1) is 23.6 Å². The Morgan fingerprint density at radius 3 is 2.39 bits per heavy atom. The smallest absolute Gasteiger partial charge is 0.270 e. The molecule has 3 aliphatic rings. The molecule has 5 rings (SSSR count). The Balaban J connectivity index is 1.30. The molecule has 0 bridgehead atoms. The van der Waals surface area contributed by atoms with Gasteiger partial charge in [-0.05, 0) is 87.5 Å². The van der Waals surface area contributed by atoms with Crippen molar-refractivity contribution in [3.63, 3.8) is 0 Å². The standard InChI is InChI=1S/C28H37FN6O3/c1-16(2)35-23(9-11-31-35)27(37)33-26(25(18-4-5-18)19-6-7-19)28(38)32-22-8-3-17(13-21(22)29)14-24(36)34-12-10-20(30)15-34/h3,8-9,11,13,16,18-20,25-26H,4-7,10,12,14-15,30H2,1-2H3,(H,32,38)(H,33,37). The largest absolute Gasteiger partial charge is 0.341 e. The number of halogens is 1. The van der Waals surface area contributed by atoms with Crippen molar-refractivity contribution in [2.45, 2.75) is 70.5 Å². The lowest BCUT2D eigenvalue weighted by Gasteiger charge is -2.28. The van der Waals surface area contributed by atoms with Crippen LogP contribution in [0.15, 0.2) is 30.5 Å². The molecule has 3 amide bonds. The third kappa shape index (κ3) is 5.90. The maximum absolute atomic E-state index is 15.1. The normalized spacial score (nSPS) is 20.2. The summed E-state index contributed by atoms with van der Waals surface area (Å²) in [6.45, 7) is 5.00. The first-order valence-corrected chi connectivity index (χ1v) is 13.7. The zero-order valence-corrected chi connectivity index (χ0v) is 22.0. The van der Waals surface area contributed by atoms with E-state index in [0.29, 0.717) is 36.2 Å². The second kappa shape index (κ2) is 10.8. The minimum atomic E-state index is -0.780. The molecule has 1 aliphatic heterocycles. The predicted octanol–water partition coefficient (Wildman–Crippen LogP) is 2.88. The number of benzene rings is 1. The lowest BCUT2D eigenvalue weighted by atomic mass is 9.88. The lowest BCUT2D eigenvalue weighted by molar-refractivity contribution is -0.129. The van der Waals surface area contributed by atoms with Crippen molar-refractivity contribution < 1.29 is 18.8 Å². The van der Waals surface area contributed by atoms with E-state index in [4.69, 9.17) is 5.73 Å². The molecule has 0 spiro atoms. The SMILES string of the molecule is CC(C)n1nccc1C(=O)NC(C(=O)Nc1ccc(CC(=O)N2CCC(N)C2)cc1F)C(C1CC1)C1CC1. The van der Waals surface area contributed by atoms with Gasteiger partial charge in [0, 0.05) is 31.4 Å². The highest BCUT2D eigenvalue weighted by Crippen LogP contribution is 2.51. The Morgan fingerprint density at radius 1 is 1.11 bits per heavy atom. The van der Waals surface area contributed by atoms with E-state index in [2.05, 4.69) is 15.7 Å². The predicted molar refractivity (Wildman–Crippen MR) is 141 cm³/mol. The zero-order chi connectivity index (χ0) is 27.0. The molecule has 2 heterocycles. The fraction of sp³-hybridized carbons (Fsp3) is 0.571. The summed E-state index contributed by atoms with van der Waals surface area (Å²) in [6.07, 6.45) is 6.54. The van der Waals surface area contributed by atoms with Crippen LogP contribution in [0.4, 0.5) is 10.1 Å². The average molecular weight is 525 g/mol. The van der Waals surface area contributed by atoms with Crippen LogP contribution in [0.3, 0.4) is 0 Å². The van der Waals surface area contributed by atoms with Gasteiger partial charge in [0.15, 0.2) is 0 Å². The van der Waals surface area contributed by atoms with Crippen LogP contribution in [0.1, 0.15) is 68.0 Å². The Kier molecular flexibility index (Phi) is 7.52. The molecule has 1 saturated heterocycles. The molecule has 2 aromatic rings. The Bertz CT molecular complexity index is 1190. The fourth-order valence-corrected chi connectivity index (χ4v) is 5.63. The highest BCUT2D eigenvalue weighted by molar-refractivity contribution is 6.01. The number of hydrogen-bond donors (Lipinski definition) is 3. The van der Waals surface area contributed by atoms with E-state index < -0.39 is 17.8 Å². The second-order valence-electron chi connectivity index (χ2n) is 11.3. The van der Waals surface area contributed by atoms with Crippen LogP contribution in [-0.4, -0.2) is 57.6 Å². The van der Waals surface area contributed by atoms with E-state index >= 15 is 4.39 Å². The van der Waals surface area contributed by atoms with Crippen molar-refractivity contribution >= 4 is 23.4 Å². The molecular formula is C28H37FN6O3. The van der Waals surface area contributed by atoms with Gasteiger partial charge in [-0.3, -0.25) is 19.1 Å². The van der Waals surface area contributed by atoms with Gasteiger partial charge < -0.3 is 21.3 Å². The first kappa shape index (κ1) is 26.3. The third-order valence-electron chi connectivity index (χ3n) is 7.90. The summed E-state index contributed by atoms with van der Waals surface area (Å²) in [5.41, 5.74) is 6.85. The topological polar surface area (TPSA) is 122 Å². The van der Waals surface area contributed by atoms with Crippen molar-refractivity contribution in [2.75, 3.05) is 18.4 Å². The molecule has 1 aromatic carbocycles. The summed E-state index contributed by atoms with van der Waals surface area (Å²) in [5.74, 6) is -0.712. The van der Waals surface area contributed by atoms with Crippen LogP contribution < -0.4 is 16.4 Å². The van der Waals surface area contributed by atoms with Gasteiger partial charge in [-0.15, -0.1) is 0 Å². The lowest BCUT2D eigenvalue weighted by Crippen LogP contribution is -2.50. The van der Waals surface area contributed by atoms with Crippen LogP contribution in [0.5, 0.6) is 0 Å². The average Bonchev–Trinajstić information content (AvgIpc) is 3.79. The van der Waals surface area contributed by atoms with Gasteiger partial charge in [0.1, 0.15) is 17.6 Å². The minimum Gasteiger partial charge on any atom is -0.341 e. The van der Waals surface area contributed by atoms with Crippen LogP contribution in [-0.2, 0) is 16.0 Å². The number of nitrogens with zero attached hydrogens (tertiary/aromatic N) is 3. The van der Waals surface area contributed by atoms with Gasteiger partial charge in [0.25, 0.3) is 5.91 Å². The first-order chi connectivity index (χ1) is 18.2. The zero-order valence-electron chi connectivity index (χ0n) is 22.0. The Hall–Kier alpha value is -3.27. The number of nitrogens with one attached hydrogen (secondary N) is 2. The van der Waals surface area contributed by atoms with Crippen molar-refractivity contribution in [1.82, 2.24) is 20.0 Å².